The van der Waals surface area contributed by atoms with Crippen molar-refractivity contribution in [3.8, 4) is 0 Å². The molecule has 24 heavy (non-hydrogen) atoms. The van der Waals surface area contributed by atoms with Crippen molar-refractivity contribution in [2.24, 2.45) is 0 Å². The zero-order valence-corrected chi connectivity index (χ0v) is 12.1. The Balaban J connectivity index is 2.12. The van der Waals surface area contributed by atoms with Crippen LogP contribution in [0.3, 0.4) is 0 Å². The monoisotopic (exact) mass is 328 g/mol. The molecule has 2 aromatic carbocycles. The number of benzene rings is 2. The molecule has 0 saturated heterocycles. The maximum atomic E-state index is 13.6. The number of aromatic nitrogens is 4. The molecule has 0 spiro atoms. The van der Waals surface area contributed by atoms with Crippen LogP contribution in [0.5, 0.6) is 0 Å². The maximum absolute atomic E-state index is 13.6. The standard InChI is InChI=1S/C16H10F2N4O2/c17-11-7-3-1-5-9(11)13(23)15-19-21-16(22-20-15)14(24)10-6-2-4-8-12(10)18/h1-8,23-24H. The largest absolute Gasteiger partial charge is 0.504 e. The summed E-state index contributed by atoms with van der Waals surface area (Å²) in [6, 6.07) is 11.0. The second kappa shape index (κ2) is 6.37. The Kier molecular flexibility index (Phi) is 4.11. The third-order valence-corrected chi connectivity index (χ3v) is 3.16. The Bertz CT molecular complexity index is 919. The van der Waals surface area contributed by atoms with Crippen LogP contribution in [-0.4, -0.2) is 30.6 Å². The van der Waals surface area contributed by atoms with E-state index in [1.807, 2.05) is 0 Å². The Morgan fingerprint density at radius 3 is 1.29 bits per heavy atom. The summed E-state index contributed by atoms with van der Waals surface area (Å²) in [5.41, 5.74) is -0.886. The van der Waals surface area contributed by atoms with Gasteiger partial charge in [-0.05, 0) is 24.3 Å². The summed E-state index contributed by atoms with van der Waals surface area (Å²) in [6.07, 6.45) is 0. The van der Waals surface area contributed by atoms with Crippen molar-refractivity contribution in [2.45, 2.75) is 0 Å². The van der Waals surface area contributed by atoms with E-state index in [4.69, 9.17) is 0 Å². The topological polar surface area (TPSA) is 92.0 Å². The molecule has 0 aliphatic rings. The molecule has 0 radical (unpaired) electrons. The third kappa shape index (κ3) is 2.89. The number of aliphatic hydroxyl groups is 2. The van der Waals surface area contributed by atoms with Crippen molar-refractivity contribution in [3.63, 3.8) is 0 Å². The van der Waals surface area contributed by atoms with Gasteiger partial charge in [-0.3, -0.25) is 0 Å². The smallest absolute Gasteiger partial charge is 0.238 e. The van der Waals surface area contributed by atoms with Gasteiger partial charge in [-0.2, -0.15) is 0 Å². The van der Waals surface area contributed by atoms with Crippen molar-refractivity contribution < 1.29 is 19.0 Å². The molecule has 0 amide bonds. The van der Waals surface area contributed by atoms with E-state index < -0.39 is 23.2 Å². The van der Waals surface area contributed by atoms with Crippen LogP contribution in [0, 0.1) is 11.6 Å². The Labute approximate surface area is 134 Å². The van der Waals surface area contributed by atoms with Gasteiger partial charge < -0.3 is 10.2 Å². The fourth-order valence-electron chi connectivity index (χ4n) is 1.97. The van der Waals surface area contributed by atoms with E-state index >= 15 is 0 Å². The van der Waals surface area contributed by atoms with Crippen LogP contribution in [0.25, 0.3) is 11.5 Å². The quantitative estimate of drug-likeness (QED) is 0.728. The van der Waals surface area contributed by atoms with Gasteiger partial charge in [0, 0.05) is 0 Å². The van der Waals surface area contributed by atoms with Crippen molar-refractivity contribution in [1.82, 2.24) is 20.4 Å². The second-order valence-corrected chi connectivity index (χ2v) is 4.70. The van der Waals surface area contributed by atoms with E-state index in [0.29, 0.717) is 0 Å². The maximum Gasteiger partial charge on any atom is 0.238 e. The highest BCUT2D eigenvalue weighted by atomic mass is 19.1. The number of aliphatic hydroxyl groups excluding tert-OH is 2. The molecule has 1 aromatic heterocycles. The highest BCUT2D eigenvalue weighted by molar-refractivity contribution is 5.57. The van der Waals surface area contributed by atoms with Crippen molar-refractivity contribution >= 4 is 11.5 Å². The second-order valence-electron chi connectivity index (χ2n) is 4.70. The van der Waals surface area contributed by atoms with Gasteiger partial charge in [-0.15, -0.1) is 20.4 Å². The predicted molar refractivity (Wildman–Crippen MR) is 79.9 cm³/mol. The molecule has 3 aromatic rings. The number of hydrogen-bond acceptors (Lipinski definition) is 6. The van der Waals surface area contributed by atoms with Gasteiger partial charge in [-0.1, -0.05) is 24.3 Å². The van der Waals surface area contributed by atoms with Gasteiger partial charge in [0.15, 0.2) is 11.5 Å². The lowest BCUT2D eigenvalue weighted by atomic mass is 10.2. The van der Waals surface area contributed by atoms with Gasteiger partial charge in [-0.25, -0.2) is 8.78 Å². The van der Waals surface area contributed by atoms with E-state index in [2.05, 4.69) is 20.4 Å². The van der Waals surface area contributed by atoms with Gasteiger partial charge in [0.2, 0.25) is 11.0 Å². The number of rotatable bonds is 2. The average Bonchev–Trinajstić information content (AvgIpc) is 2.61. The molecule has 120 valence electrons. The fraction of sp³-hybridized carbons (Fsp3) is 0. The summed E-state index contributed by atoms with van der Waals surface area (Å²) in [6.45, 7) is 0. The molecule has 6 nitrogen and oxygen atoms in total. The van der Waals surface area contributed by atoms with E-state index in [1.54, 1.807) is 0 Å². The third-order valence-electron chi connectivity index (χ3n) is 3.16. The van der Waals surface area contributed by atoms with Crippen LogP contribution in [0.15, 0.2) is 48.5 Å². The molecule has 1 heterocycles. The van der Waals surface area contributed by atoms with E-state index in [-0.39, 0.29) is 22.1 Å². The first-order chi connectivity index (χ1) is 11.6. The molecule has 0 bridgehead atoms. The minimum atomic E-state index is -0.663. The fourth-order valence-corrected chi connectivity index (χ4v) is 1.97. The van der Waals surface area contributed by atoms with Gasteiger partial charge in [0.1, 0.15) is 11.6 Å². The van der Waals surface area contributed by atoms with Crippen molar-refractivity contribution in [3.05, 3.63) is 82.3 Å². The SMILES string of the molecule is OC(c1ccccc1F)=c1nnc(=C(O)c2ccccc2F)nn1. The molecule has 0 aliphatic heterocycles. The Morgan fingerprint density at radius 2 is 0.958 bits per heavy atom. The molecular formula is C16H10F2N4O2. The van der Waals surface area contributed by atoms with E-state index in [0.717, 1.165) is 0 Å². The van der Waals surface area contributed by atoms with Crippen molar-refractivity contribution in [1.29, 1.82) is 0 Å². The summed E-state index contributed by atoms with van der Waals surface area (Å²) < 4.78 is 27.3. The Morgan fingerprint density at radius 1 is 0.625 bits per heavy atom. The van der Waals surface area contributed by atoms with Crippen LogP contribution in [-0.2, 0) is 0 Å². The first kappa shape index (κ1) is 15.5. The highest BCUT2D eigenvalue weighted by Crippen LogP contribution is 2.13. The molecule has 0 aliphatic carbocycles. The predicted octanol–water partition coefficient (Wildman–Crippen LogP) is 0.974. The van der Waals surface area contributed by atoms with Gasteiger partial charge in [0.05, 0.1) is 11.1 Å². The van der Waals surface area contributed by atoms with Gasteiger partial charge >= 0.3 is 0 Å². The summed E-state index contributed by atoms with van der Waals surface area (Å²) in [5, 5.41) is 34.4. The number of nitrogens with zero attached hydrogens (tertiary/aromatic N) is 4. The molecule has 0 saturated carbocycles. The zero-order valence-electron chi connectivity index (χ0n) is 12.1. The summed E-state index contributed by atoms with van der Waals surface area (Å²) in [7, 11) is 0. The number of hydrogen-bond donors (Lipinski definition) is 2. The minimum Gasteiger partial charge on any atom is -0.504 e. The van der Waals surface area contributed by atoms with Crippen molar-refractivity contribution in [2.75, 3.05) is 0 Å². The summed E-state index contributed by atoms with van der Waals surface area (Å²) >= 11 is 0. The molecule has 0 unspecified atom stereocenters. The number of halogens is 2. The van der Waals surface area contributed by atoms with Crippen LogP contribution < -0.4 is 11.0 Å². The average molecular weight is 328 g/mol. The first-order valence-corrected chi connectivity index (χ1v) is 6.77. The minimum absolute atomic E-state index is 0.115. The molecule has 8 heteroatoms. The lowest BCUT2D eigenvalue weighted by Gasteiger charge is -2.01. The Hall–Kier alpha value is -3.42. The van der Waals surface area contributed by atoms with Crippen LogP contribution in [0.2, 0.25) is 0 Å². The molecular weight excluding hydrogens is 318 g/mol. The zero-order chi connectivity index (χ0) is 17.1. The molecule has 0 fully saturated rings. The molecule has 0 atom stereocenters. The summed E-state index contributed by atoms with van der Waals surface area (Å²) in [5.74, 6) is -2.43. The van der Waals surface area contributed by atoms with E-state index in [9.17, 15) is 19.0 Å². The lowest BCUT2D eigenvalue weighted by Crippen LogP contribution is -2.30. The van der Waals surface area contributed by atoms with Crippen LogP contribution >= 0.6 is 0 Å². The summed E-state index contributed by atoms with van der Waals surface area (Å²) in [4.78, 5) is 0. The highest BCUT2D eigenvalue weighted by Gasteiger charge is 2.11. The first-order valence-electron chi connectivity index (χ1n) is 6.77. The lowest BCUT2D eigenvalue weighted by molar-refractivity contribution is 0.480. The normalized spacial score (nSPS) is 10.4. The van der Waals surface area contributed by atoms with E-state index in [1.165, 1.54) is 48.5 Å². The van der Waals surface area contributed by atoms with Crippen LogP contribution in [0.4, 0.5) is 8.78 Å². The van der Waals surface area contributed by atoms with Crippen LogP contribution in [0.1, 0.15) is 11.1 Å². The molecule has 2 N–H and O–H groups in total. The van der Waals surface area contributed by atoms with Gasteiger partial charge in [0.25, 0.3) is 0 Å². The molecule has 3 rings (SSSR count).